The Labute approximate surface area is 107 Å². The summed E-state index contributed by atoms with van der Waals surface area (Å²) < 4.78 is 5.68. The van der Waals surface area contributed by atoms with Crippen molar-refractivity contribution < 1.29 is 4.74 Å². The first-order valence-corrected chi connectivity index (χ1v) is 7.10. The van der Waals surface area contributed by atoms with E-state index in [1.165, 1.54) is 30.6 Å². The van der Waals surface area contributed by atoms with Crippen molar-refractivity contribution in [3.63, 3.8) is 0 Å². The van der Waals surface area contributed by atoms with Gasteiger partial charge in [0.05, 0.1) is 13.2 Å². The number of ether oxygens (including phenoxy) is 1. The van der Waals surface area contributed by atoms with E-state index in [1.54, 1.807) is 11.3 Å². The van der Waals surface area contributed by atoms with Crippen LogP contribution in [0.5, 0.6) is 0 Å². The van der Waals surface area contributed by atoms with Gasteiger partial charge in [0, 0.05) is 22.4 Å². The summed E-state index contributed by atoms with van der Waals surface area (Å²) in [6.45, 7) is 2.04. The molecule has 0 aliphatic heterocycles. The highest BCUT2D eigenvalue weighted by Crippen LogP contribution is 2.29. The molecule has 0 spiro atoms. The Kier molecular flexibility index (Phi) is 5.06. The Balaban J connectivity index is 1.65. The van der Waals surface area contributed by atoms with Gasteiger partial charge < -0.3 is 10.5 Å². The van der Waals surface area contributed by atoms with E-state index in [1.807, 2.05) is 0 Å². The zero-order valence-corrected chi connectivity index (χ0v) is 10.9. The second-order valence-corrected chi connectivity index (χ2v) is 5.44. The Morgan fingerprint density at radius 3 is 3.06 bits per heavy atom. The van der Waals surface area contributed by atoms with Crippen LogP contribution >= 0.6 is 11.3 Å². The summed E-state index contributed by atoms with van der Waals surface area (Å²) in [6.07, 6.45) is 5.45. The van der Waals surface area contributed by atoms with Gasteiger partial charge in [0.25, 0.3) is 0 Å². The molecule has 2 nitrogen and oxygen atoms in total. The van der Waals surface area contributed by atoms with E-state index >= 15 is 0 Å². The van der Waals surface area contributed by atoms with Gasteiger partial charge in [-0.3, -0.25) is 0 Å². The minimum Gasteiger partial charge on any atom is -0.376 e. The van der Waals surface area contributed by atoms with E-state index in [-0.39, 0.29) is 0 Å². The molecule has 3 heteroatoms. The zero-order chi connectivity index (χ0) is 11.9. The molecule has 0 atom stereocenters. The van der Waals surface area contributed by atoms with Gasteiger partial charge in [-0.25, -0.2) is 0 Å². The van der Waals surface area contributed by atoms with E-state index < -0.39 is 0 Å². The second kappa shape index (κ2) is 6.80. The number of hydrogen-bond donors (Lipinski definition) is 1. The van der Waals surface area contributed by atoms with Crippen LogP contribution in [0.2, 0.25) is 0 Å². The van der Waals surface area contributed by atoms with Gasteiger partial charge >= 0.3 is 0 Å². The van der Waals surface area contributed by atoms with Crippen LogP contribution in [0, 0.1) is 17.8 Å². The van der Waals surface area contributed by atoms with Crippen molar-refractivity contribution in [1.29, 1.82) is 0 Å². The van der Waals surface area contributed by atoms with Crippen molar-refractivity contribution in [2.24, 2.45) is 11.7 Å². The number of hydrogen-bond acceptors (Lipinski definition) is 3. The Bertz CT molecular complexity index is 398. The van der Waals surface area contributed by atoms with Crippen molar-refractivity contribution in [3.05, 3.63) is 21.9 Å². The Morgan fingerprint density at radius 1 is 1.47 bits per heavy atom. The zero-order valence-electron chi connectivity index (χ0n) is 10.1. The van der Waals surface area contributed by atoms with Crippen molar-refractivity contribution in [3.8, 4) is 11.8 Å². The lowest BCUT2D eigenvalue weighted by atomic mass is 9.83. The Hall–Kier alpha value is -0.820. The van der Waals surface area contributed by atoms with Gasteiger partial charge in [-0.15, -0.1) is 11.3 Å². The summed E-state index contributed by atoms with van der Waals surface area (Å²) in [4.78, 5) is 1.25. The highest BCUT2D eigenvalue weighted by atomic mass is 32.1. The van der Waals surface area contributed by atoms with E-state index in [0.717, 1.165) is 24.7 Å². The fourth-order valence-corrected chi connectivity index (χ4v) is 2.63. The second-order valence-electron chi connectivity index (χ2n) is 4.45. The molecule has 17 heavy (non-hydrogen) atoms. The van der Waals surface area contributed by atoms with Crippen molar-refractivity contribution in [2.45, 2.75) is 32.3 Å². The van der Waals surface area contributed by atoms with Crippen LogP contribution in [0.4, 0.5) is 0 Å². The van der Waals surface area contributed by atoms with Crippen molar-refractivity contribution in [2.75, 3.05) is 13.2 Å². The van der Waals surface area contributed by atoms with Crippen LogP contribution in [0.25, 0.3) is 0 Å². The van der Waals surface area contributed by atoms with E-state index in [0.29, 0.717) is 6.54 Å². The normalized spacial score (nSPS) is 15.1. The molecule has 1 aliphatic rings. The fraction of sp³-hybridized carbons (Fsp3) is 0.571. The molecule has 1 saturated carbocycles. The summed E-state index contributed by atoms with van der Waals surface area (Å²) in [5, 5.41) is 2.06. The smallest absolute Gasteiger partial charge is 0.0809 e. The lowest BCUT2D eigenvalue weighted by molar-refractivity contribution is 0.0966. The molecule has 0 radical (unpaired) electrons. The maximum absolute atomic E-state index is 5.68. The number of nitrogens with two attached hydrogens (primary N) is 1. The molecule has 1 aromatic rings. The molecule has 0 aromatic carbocycles. The van der Waals surface area contributed by atoms with Crippen LogP contribution in [0.15, 0.2) is 11.4 Å². The molecule has 0 saturated heterocycles. The fourth-order valence-electron chi connectivity index (χ4n) is 1.88. The molecule has 2 rings (SSSR count). The SMILES string of the molecule is NCC#Cc1csc(COCCC2CCC2)c1. The topological polar surface area (TPSA) is 35.2 Å². The quantitative estimate of drug-likeness (QED) is 0.643. The first-order chi connectivity index (χ1) is 8.38. The molecular weight excluding hydrogens is 230 g/mol. The molecule has 1 aromatic heterocycles. The van der Waals surface area contributed by atoms with Gasteiger partial charge in [0.15, 0.2) is 0 Å². The predicted molar refractivity (Wildman–Crippen MR) is 71.9 cm³/mol. The molecule has 1 aliphatic carbocycles. The average molecular weight is 249 g/mol. The first kappa shape index (κ1) is 12.6. The molecule has 0 amide bonds. The maximum Gasteiger partial charge on any atom is 0.0809 e. The predicted octanol–water partition coefficient (Wildman–Crippen LogP) is 2.77. The van der Waals surface area contributed by atoms with Gasteiger partial charge in [0.1, 0.15) is 0 Å². The van der Waals surface area contributed by atoms with E-state index in [2.05, 4.69) is 23.3 Å². The minimum atomic E-state index is 0.420. The monoisotopic (exact) mass is 249 g/mol. The molecule has 1 fully saturated rings. The summed E-state index contributed by atoms with van der Waals surface area (Å²) in [7, 11) is 0. The van der Waals surface area contributed by atoms with Gasteiger partial charge in [-0.1, -0.05) is 31.1 Å². The van der Waals surface area contributed by atoms with Crippen LogP contribution in [0.3, 0.4) is 0 Å². The van der Waals surface area contributed by atoms with Crippen LogP contribution < -0.4 is 5.73 Å². The standard InChI is InChI=1S/C14H19NOS/c15-7-2-5-13-9-14(17-11-13)10-16-8-6-12-3-1-4-12/h9,11-12H,1,3-4,6-8,10,15H2. The maximum atomic E-state index is 5.68. The first-order valence-electron chi connectivity index (χ1n) is 6.22. The van der Waals surface area contributed by atoms with E-state index in [4.69, 9.17) is 10.5 Å². The van der Waals surface area contributed by atoms with Crippen LogP contribution in [-0.2, 0) is 11.3 Å². The highest BCUT2D eigenvalue weighted by molar-refractivity contribution is 7.10. The summed E-state index contributed by atoms with van der Waals surface area (Å²) >= 11 is 1.71. The summed E-state index contributed by atoms with van der Waals surface area (Å²) in [6, 6.07) is 2.09. The lowest BCUT2D eigenvalue weighted by Crippen LogP contribution is -2.13. The van der Waals surface area contributed by atoms with Gasteiger partial charge in [-0.05, 0) is 18.4 Å². The van der Waals surface area contributed by atoms with Crippen LogP contribution in [0.1, 0.15) is 36.1 Å². The third kappa shape index (κ3) is 4.16. The number of thiophene rings is 1. The summed E-state index contributed by atoms with van der Waals surface area (Å²) in [5.41, 5.74) is 6.39. The average Bonchev–Trinajstić information content (AvgIpc) is 2.71. The summed E-state index contributed by atoms with van der Waals surface area (Å²) in [5.74, 6) is 6.82. The van der Waals surface area contributed by atoms with Gasteiger partial charge in [-0.2, -0.15) is 0 Å². The number of rotatable bonds is 5. The third-order valence-corrected chi connectivity index (χ3v) is 4.04. The Morgan fingerprint density at radius 2 is 2.35 bits per heavy atom. The molecule has 2 N–H and O–H groups in total. The van der Waals surface area contributed by atoms with E-state index in [9.17, 15) is 0 Å². The largest absolute Gasteiger partial charge is 0.376 e. The van der Waals surface area contributed by atoms with Crippen molar-refractivity contribution >= 4 is 11.3 Å². The third-order valence-electron chi connectivity index (χ3n) is 3.13. The van der Waals surface area contributed by atoms with Crippen LogP contribution in [-0.4, -0.2) is 13.2 Å². The molecular formula is C14H19NOS. The van der Waals surface area contributed by atoms with Crippen molar-refractivity contribution in [1.82, 2.24) is 0 Å². The minimum absolute atomic E-state index is 0.420. The molecule has 0 unspecified atom stereocenters. The van der Waals surface area contributed by atoms with Gasteiger partial charge in [0.2, 0.25) is 0 Å². The molecule has 0 bridgehead atoms. The molecule has 92 valence electrons. The molecule has 1 heterocycles. The lowest BCUT2D eigenvalue weighted by Gasteiger charge is -2.24. The highest BCUT2D eigenvalue weighted by Gasteiger charge is 2.16.